The first-order chi connectivity index (χ1) is 20.4. The molecule has 0 unspecified atom stereocenters. The van der Waals surface area contributed by atoms with Gasteiger partial charge in [-0.05, 0) is 75.8 Å². The van der Waals surface area contributed by atoms with Gasteiger partial charge in [0.1, 0.15) is 22.8 Å². The molecular weight excluding hydrogens is 533 g/mol. The van der Waals surface area contributed by atoms with Crippen molar-refractivity contribution in [2.45, 2.75) is 25.8 Å². The molecular formula is C31H34FN9O. The molecule has 0 saturated carbocycles. The number of hydrogen-bond acceptors (Lipinski definition) is 7. The molecule has 0 radical (unpaired) electrons. The van der Waals surface area contributed by atoms with Gasteiger partial charge in [0.25, 0.3) is 5.91 Å². The van der Waals surface area contributed by atoms with Crippen LogP contribution in [0, 0.1) is 12.7 Å². The lowest BCUT2D eigenvalue weighted by Gasteiger charge is -2.30. The van der Waals surface area contributed by atoms with Gasteiger partial charge in [-0.3, -0.25) is 4.79 Å². The van der Waals surface area contributed by atoms with E-state index in [-0.39, 0.29) is 17.8 Å². The van der Waals surface area contributed by atoms with E-state index in [0.29, 0.717) is 22.4 Å². The van der Waals surface area contributed by atoms with Crippen LogP contribution in [0.3, 0.4) is 0 Å². The van der Waals surface area contributed by atoms with E-state index in [1.165, 1.54) is 6.07 Å². The zero-order valence-electron chi connectivity index (χ0n) is 23.8. The minimum absolute atomic E-state index is 0.239. The third-order valence-electron chi connectivity index (χ3n) is 8.53. The lowest BCUT2D eigenvalue weighted by Crippen LogP contribution is -2.43. The number of aromatic amines is 1. The first-order valence-electron chi connectivity index (χ1n) is 14.5. The zero-order valence-corrected chi connectivity index (χ0v) is 23.8. The van der Waals surface area contributed by atoms with Gasteiger partial charge in [0.2, 0.25) is 0 Å². The van der Waals surface area contributed by atoms with Crippen molar-refractivity contribution < 1.29 is 9.18 Å². The third kappa shape index (κ3) is 4.88. The number of hydrogen-bond donors (Lipinski definition) is 3. The lowest BCUT2D eigenvalue weighted by atomic mass is 10.0. The topological polar surface area (TPSA) is 107 Å². The van der Waals surface area contributed by atoms with Crippen molar-refractivity contribution in [3.63, 3.8) is 0 Å². The first kappa shape index (κ1) is 26.5. The van der Waals surface area contributed by atoms with Gasteiger partial charge in [-0.25, -0.2) is 19.3 Å². The van der Waals surface area contributed by atoms with Crippen LogP contribution in [0.25, 0.3) is 33.2 Å². The molecule has 2 fully saturated rings. The molecule has 216 valence electrons. The van der Waals surface area contributed by atoms with Crippen molar-refractivity contribution in [3.05, 3.63) is 66.1 Å². The Balaban J connectivity index is 1.20. The van der Waals surface area contributed by atoms with Crippen LogP contribution in [0.5, 0.6) is 0 Å². The summed E-state index contributed by atoms with van der Waals surface area (Å²) in [6, 6.07) is 9.26. The molecule has 0 spiro atoms. The number of fused-ring (bicyclic) bond motifs is 2. The van der Waals surface area contributed by atoms with E-state index in [4.69, 9.17) is 0 Å². The molecule has 0 aliphatic carbocycles. The fourth-order valence-electron chi connectivity index (χ4n) is 6.28. The number of rotatable bonds is 5. The molecule has 6 heterocycles. The number of carbonyl (C=O) groups excluding carboxylic acids is 1. The van der Waals surface area contributed by atoms with Gasteiger partial charge >= 0.3 is 0 Å². The molecule has 1 amide bonds. The Hall–Kier alpha value is -4.35. The molecule has 1 aromatic carbocycles. The second kappa shape index (κ2) is 10.8. The van der Waals surface area contributed by atoms with E-state index in [1.807, 2.05) is 31.3 Å². The van der Waals surface area contributed by atoms with Crippen LogP contribution in [0.15, 0.2) is 48.9 Å². The van der Waals surface area contributed by atoms with Crippen molar-refractivity contribution in [1.82, 2.24) is 34.7 Å². The van der Waals surface area contributed by atoms with E-state index in [9.17, 15) is 4.79 Å². The molecule has 2 aliphatic heterocycles. The van der Waals surface area contributed by atoms with E-state index in [2.05, 4.69) is 52.0 Å². The fraction of sp³-hybridized carbons (Fsp3) is 0.355. The highest BCUT2D eigenvalue weighted by Crippen LogP contribution is 2.35. The Kier molecular flexibility index (Phi) is 6.83. The van der Waals surface area contributed by atoms with E-state index < -0.39 is 0 Å². The van der Waals surface area contributed by atoms with Gasteiger partial charge in [0.15, 0.2) is 5.82 Å². The molecule has 2 aliphatic rings. The number of piperazine rings is 1. The van der Waals surface area contributed by atoms with Crippen molar-refractivity contribution in [1.29, 1.82) is 0 Å². The summed E-state index contributed by atoms with van der Waals surface area (Å²) in [4.78, 5) is 34.5. The monoisotopic (exact) mass is 567 g/mol. The molecule has 3 N–H and O–H groups in total. The maximum Gasteiger partial charge on any atom is 0.255 e. The number of piperidine rings is 1. The van der Waals surface area contributed by atoms with Gasteiger partial charge in [0.05, 0.1) is 17.4 Å². The van der Waals surface area contributed by atoms with E-state index in [1.54, 1.807) is 18.5 Å². The van der Waals surface area contributed by atoms with E-state index in [0.717, 1.165) is 85.8 Å². The summed E-state index contributed by atoms with van der Waals surface area (Å²) >= 11 is 0. The number of pyridine rings is 2. The zero-order chi connectivity index (χ0) is 28.8. The number of imidazole rings is 1. The SMILES string of the molecule is Cc1nc2c(F)cc(-c3c[nH]c4ncc(NC(=O)c5ccnc(N6CCNCC6)c5)cc34)cc2n1C1CCN(C)CC1. The number of likely N-dealkylation sites (tertiary alicyclic amines) is 1. The molecule has 0 bridgehead atoms. The maximum atomic E-state index is 15.5. The number of carbonyl (C=O) groups is 1. The van der Waals surface area contributed by atoms with Crippen LogP contribution < -0.4 is 15.5 Å². The van der Waals surface area contributed by atoms with Crippen molar-refractivity contribution >= 4 is 39.5 Å². The second-order valence-electron chi connectivity index (χ2n) is 11.3. The van der Waals surface area contributed by atoms with Crippen LogP contribution in [0.4, 0.5) is 15.9 Å². The molecule has 42 heavy (non-hydrogen) atoms. The van der Waals surface area contributed by atoms with Crippen LogP contribution in [0.2, 0.25) is 0 Å². The Morgan fingerprint density at radius 3 is 2.69 bits per heavy atom. The van der Waals surface area contributed by atoms with E-state index >= 15 is 4.39 Å². The average molecular weight is 568 g/mol. The Bertz CT molecular complexity index is 1780. The molecule has 7 rings (SSSR count). The molecule has 0 atom stereocenters. The number of anilines is 2. The van der Waals surface area contributed by atoms with Crippen LogP contribution in [0.1, 0.15) is 35.1 Å². The quantitative estimate of drug-likeness (QED) is 0.290. The van der Waals surface area contributed by atoms with Gasteiger partial charge in [-0.2, -0.15) is 0 Å². The molecule has 10 nitrogen and oxygen atoms in total. The number of aromatic nitrogens is 5. The van der Waals surface area contributed by atoms with Gasteiger partial charge < -0.3 is 30.0 Å². The number of aryl methyl sites for hydroxylation is 1. The summed E-state index contributed by atoms with van der Waals surface area (Å²) in [5.41, 5.74) is 4.50. The largest absolute Gasteiger partial charge is 0.354 e. The maximum absolute atomic E-state index is 15.5. The number of amides is 1. The number of nitrogens with zero attached hydrogens (tertiary/aromatic N) is 6. The van der Waals surface area contributed by atoms with Crippen LogP contribution in [-0.2, 0) is 0 Å². The number of benzene rings is 1. The minimum atomic E-state index is -0.345. The predicted octanol–water partition coefficient (Wildman–Crippen LogP) is 4.35. The highest BCUT2D eigenvalue weighted by atomic mass is 19.1. The summed E-state index contributed by atoms with van der Waals surface area (Å²) in [5.74, 6) is 1.04. The summed E-state index contributed by atoms with van der Waals surface area (Å²) in [5, 5.41) is 7.11. The molecule has 5 aromatic rings. The third-order valence-corrected chi connectivity index (χ3v) is 8.53. The Morgan fingerprint density at radius 2 is 1.88 bits per heavy atom. The normalized spacial score (nSPS) is 16.9. The Morgan fingerprint density at radius 1 is 1.07 bits per heavy atom. The fourth-order valence-corrected chi connectivity index (χ4v) is 6.28. The molecule has 4 aromatic heterocycles. The number of nitrogens with one attached hydrogen (secondary N) is 3. The lowest BCUT2D eigenvalue weighted by molar-refractivity contribution is 0.102. The number of halogens is 1. The van der Waals surface area contributed by atoms with Crippen LogP contribution in [-0.4, -0.2) is 81.6 Å². The minimum Gasteiger partial charge on any atom is -0.354 e. The van der Waals surface area contributed by atoms with Crippen LogP contribution >= 0.6 is 0 Å². The van der Waals surface area contributed by atoms with Gasteiger partial charge in [-0.15, -0.1) is 0 Å². The van der Waals surface area contributed by atoms with Crippen molar-refractivity contribution in [3.8, 4) is 11.1 Å². The standard InChI is InChI=1S/C31H34FN9O/c1-19-37-29-26(32)13-21(14-27(29)41(19)23-4-9-39(2)10-5-23)25-18-36-30-24(25)16-22(17-35-30)38-31(42)20-3-6-34-28(15-20)40-11-7-33-8-12-40/h3,6,13-18,23,33H,4-5,7-12H2,1-2H3,(H,35,36)(H,38,42). The van der Waals surface area contributed by atoms with Gasteiger partial charge in [-0.1, -0.05) is 0 Å². The molecule has 2 saturated heterocycles. The summed E-state index contributed by atoms with van der Waals surface area (Å²) in [7, 11) is 2.14. The summed E-state index contributed by atoms with van der Waals surface area (Å²) in [6.45, 7) is 7.44. The second-order valence-corrected chi connectivity index (χ2v) is 11.3. The molecule has 11 heteroatoms. The highest BCUT2D eigenvalue weighted by molar-refractivity contribution is 6.06. The smallest absolute Gasteiger partial charge is 0.255 e. The number of H-pyrrole nitrogens is 1. The van der Waals surface area contributed by atoms with Crippen molar-refractivity contribution in [2.75, 3.05) is 56.5 Å². The Labute approximate surface area is 243 Å². The first-order valence-corrected chi connectivity index (χ1v) is 14.5. The average Bonchev–Trinajstić information content (AvgIpc) is 3.58. The summed E-state index contributed by atoms with van der Waals surface area (Å²) in [6.07, 6.45) is 7.14. The predicted molar refractivity (Wildman–Crippen MR) is 163 cm³/mol. The van der Waals surface area contributed by atoms with Crippen molar-refractivity contribution in [2.24, 2.45) is 0 Å². The highest BCUT2D eigenvalue weighted by Gasteiger charge is 2.24. The van der Waals surface area contributed by atoms with Gasteiger partial charge in [0, 0.05) is 61.1 Å². The summed E-state index contributed by atoms with van der Waals surface area (Å²) < 4.78 is 17.7.